The van der Waals surface area contributed by atoms with E-state index in [0.29, 0.717) is 10.3 Å². The molecule has 2 rings (SSSR count). The highest BCUT2D eigenvalue weighted by atomic mass is 35.5. The van der Waals surface area contributed by atoms with Gasteiger partial charge in [-0.1, -0.05) is 44.5 Å². The number of nitrogens with one attached hydrogen (secondary N) is 1. The second-order valence-corrected chi connectivity index (χ2v) is 7.60. The van der Waals surface area contributed by atoms with Crippen molar-refractivity contribution in [2.75, 3.05) is 12.8 Å². The zero-order valence-corrected chi connectivity index (χ0v) is 14.5. The van der Waals surface area contributed by atoms with Gasteiger partial charge < -0.3 is 4.90 Å². The monoisotopic (exact) mass is 326 g/mol. The summed E-state index contributed by atoms with van der Waals surface area (Å²) in [6, 6.07) is 7.63. The van der Waals surface area contributed by atoms with Crippen LogP contribution in [0.2, 0.25) is 5.02 Å². The van der Waals surface area contributed by atoms with E-state index in [1.54, 1.807) is 11.8 Å². The van der Waals surface area contributed by atoms with E-state index in [-0.39, 0.29) is 24.0 Å². The second-order valence-electron chi connectivity index (χ2n) is 5.88. The molecule has 0 radical (unpaired) electrons. The third kappa shape index (κ3) is 3.74. The van der Waals surface area contributed by atoms with Gasteiger partial charge in [-0.25, -0.2) is 0 Å². The van der Waals surface area contributed by atoms with Crippen LogP contribution in [0.15, 0.2) is 24.3 Å². The van der Waals surface area contributed by atoms with E-state index >= 15 is 0 Å². The zero-order chi connectivity index (χ0) is 15.6. The number of benzene rings is 1. The molecular weight excluding hydrogens is 304 g/mol. The molecule has 3 atom stereocenters. The lowest BCUT2D eigenvalue weighted by Crippen LogP contribution is -2.36. The molecule has 1 aromatic carbocycles. The Morgan fingerprint density at radius 3 is 2.67 bits per heavy atom. The molecule has 1 fully saturated rings. The van der Waals surface area contributed by atoms with E-state index in [0.717, 1.165) is 12.1 Å². The van der Waals surface area contributed by atoms with Crippen LogP contribution in [0.3, 0.4) is 0 Å². The Labute approximate surface area is 136 Å². The summed E-state index contributed by atoms with van der Waals surface area (Å²) in [6.07, 6.45) is 1.99. The highest BCUT2D eigenvalue weighted by Gasteiger charge is 2.41. The fraction of sp³-hybridized carbons (Fsp3) is 0.562. The van der Waals surface area contributed by atoms with Gasteiger partial charge in [0.15, 0.2) is 0 Å². The van der Waals surface area contributed by atoms with Crippen molar-refractivity contribution in [2.24, 2.45) is 5.92 Å². The minimum absolute atomic E-state index is 0.0850. The number of carbonyl (C=O) groups is 1. The molecule has 3 nitrogen and oxygen atoms in total. The molecule has 0 aliphatic carbocycles. The van der Waals surface area contributed by atoms with E-state index in [1.165, 1.54) is 0 Å². The van der Waals surface area contributed by atoms with Crippen LogP contribution in [-0.4, -0.2) is 34.9 Å². The molecule has 21 heavy (non-hydrogen) atoms. The highest BCUT2D eigenvalue weighted by Crippen LogP contribution is 2.30. The fourth-order valence-corrected chi connectivity index (χ4v) is 3.12. The maximum Gasteiger partial charge on any atom is 0.241 e. The van der Waals surface area contributed by atoms with Crippen molar-refractivity contribution < 1.29 is 4.79 Å². The molecule has 1 aromatic rings. The standard InChI is InChI=1S/C16H23ClN2OS/c1-10(2)14-16(20)19(9-11(3)21-4)15(18-14)12-6-5-7-13(17)8-12/h5-8,10-11,14-15,18H,9H2,1-4H3. The Hall–Kier alpha value is -0.710. The van der Waals surface area contributed by atoms with Gasteiger partial charge in [0.1, 0.15) is 6.17 Å². The summed E-state index contributed by atoms with van der Waals surface area (Å²) in [5.74, 6) is 0.463. The number of rotatable bonds is 5. The van der Waals surface area contributed by atoms with E-state index in [1.807, 2.05) is 29.2 Å². The third-order valence-electron chi connectivity index (χ3n) is 3.89. The molecule has 116 valence electrons. The van der Waals surface area contributed by atoms with Gasteiger partial charge >= 0.3 is 0 Å². The van der Waals surface area contributed by atoms with Gasteiger partial charge in [-0.2, -0.15) is 11.8 Å². The first-order valence-corrected chi connectivity index (χ1v) is 8.95. The Balaban J connectivity index is 2.29. The van der Waals surface area contributed by atoms with Crippen molar-refractivity contribution in [3.8, 4) is 0 Å². The SMILES string of the molecule is CSC(C)CN1C(=O)C(C(C)C)NC1c1cccc(Cl)c1. The van der Waals surface area contributed by atoms with Crippen LogP contribution < -0.4 is 5.32 Å². The Morgan fingerprint density at radius 1 is 1.38 bits per heavy atom. The van der Waals surface area contributed by atoms with Crippen molar-refractivity contribution in [3.05, 3.63) is 34.9 Å². The summed E-state index contributed by atoms with van der Waals surface area (Å²) in [4.78, 5) is 14.6. The molecule has 0 spiro atoms. The number of carbonyl (C=O) groups excluding carboxylic acids is 1. The van der Waals surface area contributed by atoms with Gasteiger partial charge in [0.05, 0.1) is 6.04 Å². The Kier molecular flexibility index (Phi) is 5.58. The maximum absolute atomic E-state index is 12.7. The second kappa shape index (κ2) is 7.03. The summed E-state index contributed by atoms with van der Waals surface area (Å²) in [5.41, 5.74) is 1.05. The van der Waals surface area contributed by atoms with E-state index < -0.39 is 0 Å². The first-order valence-electron chi connectivity index (χ1n) is 7.28. The van der Waals surface area contributed by atoms with Crippen LogP contribution in [0.4, 0.5) is 0 Å². The van der Waals surface area contributed by atoms with Gasteiger partial charge in [0, 0.05) is 16.8 Å². The van der Waals surface area contributed by atoms with E-state index in [2.05, 4.69) is 32.3 Å². The predicted octanol–water partition coefficient (Wildman–Crippen LogP) is 3.55. The van der Waals surface area contributed by atoms with Crippen molar-refractivity contribution in [2.45, 2.75) is 38.2 Å². The van der Waals surface area contributed by atoms with Crippen molar-refractivity contribution in [3.63, 3.8) is 0 Å². The maximum atomic E-state index is 12.7. The van der Waals surface area contributed by atoms with Crippen LogP contribution in [0.1, 0.15) is 32.5 Å². The lowest BCUT2D eigenvalue weighted by Gasteiger charge is -2.27. The lowest BCUT2D eigenvalue weighted by molar-refractivity contribution is -0.130. The Bertz CT molecular complexity index is 509. The summed E-state index contributed by atoms with van der Waals surface area (Å²) in [7, 11) is 0. The number of hydrogen-bond acceptors (Lipinski definition) is 3. The quantitative estimate of drug-likeness (QED) is 0.898. The van der Waals surface area contributed by atoms with Gasteiger partial charge in [0.2, 0.25) is 5.91 Å². The molecule has 5 heteroatoms. The van der Waals surface area contributed by atoms with Gasteiger partial charge in [0.25, 0.3) is 0 Å². The minimum Gasteiger partial charge on any atom is -0.320 e. The first-order chi connectivity index (χ1) is 9.93. The number of halogens is 1. The highest BCUT2D eigenvalue weighted by molar-refractivity contribution is 7.99. The summed E-state index contributed by atoms with van der Waals surface area (Å²) < 4.78 is 0. The molecule has 0 aromatic heterocycles. The fourth-order valence-electron chi connectivity index (χ4n) is 2.61. The van der Waals surface area contributed by atoms with Crippen LogP contribution in [0.25, 0.3) is 0 Å². The van der Waals surface area contributed by atoms with Crippen molar-refractivity contribution >= 4 is 29.3 Å². The number of nitrogens with zero attached hydrogens (tertiary/aromatic N) is 1. The van der Waals surface area contributed by atoms with Crippen LogP contribution in [-0.2, 0) is 4.79 Å². The van der Waals surface area contributed by atoms with Crippen molar-refractivity contribution in [1.29, 1.82) is 0 Å². The molecule has 3 unspecified atom stereocenters. The molecular formula is C16H23ClN2OS. The van der Waals surface area contributed by atoms with E-state index in [9.17, 15) is 4.79 Å². The Morgan fingerprint density at radius 2 is 2.10 bits per heavy atom. The van der Waals surface area contributed by atoms with E-state index in [4.69, 9.17) is 11.6 Å². The first kappa shape index (κ1) is 16.7. The average Bonchev–Trinajstić information content (AvgIpc) is 2.76. The molecule has 1 aliphatic heterocycles. The van der Waals surface area contributed by atoms with Crippen LogP contribution in [0, 0.1) is 5.92 Å². The lowest BCUT2D eigenvalue weighted by atomic mass is 10.1. The van der Waals surface area contributed by atoms with Crippen LogP contribution >= 0.6 is 23.4 Å². The predicted molar refractivity (Wildman–Crippen MR) is 90.6 cm³/mol. The third-order valence-corrected chi connectivity index (χ3v) is 5.07. The van der Waals surface area contributed by atoms with Crippen molar-refractivity contribution in [1.82, 2.24) is 10.2 Å². The summed E-state index contributed by atoms with van der Waals surface area (Å²) >= 11 is 7.88. The average molecular weight is 327 g/mol. The van der Waals surface area contributed by atoms with Gasteiger partial charge in [-0.15, -0.1) is 0 Å². The zero-order valence-electron chi connectivity index (χ0n) is 13.0. The molecule has 1 heterocycles. The number of amides is 1. The summed E-state index contributed by atoms with van der Waals surface area (Å²) in [5, 5.41) is 4.58. The van der Waals surface area contributed by atoms with Gasteiger partial charge in [-0.3, -0.25) is 10.1 Å². The molecule has 1 aliphatic rings. The minimum atomic E-state index is -0.122. The molecule has 1 amide bonds. The van der Waals surface area contributed by atoms with Gasteiger partial charge in [-0.05, 0) is 29.9 Å². The smallest absolute Gasteiger partial charge is 0.241 e. The van der Waals surface area contributed by atoms with Crippen LogP contribution in [0.5, 0.6) is 0 Å². The largest absolute Gasteiger partial charge is 0.320 e. The molecule has 0 saturated carbocycles. The normalized spacial score (nSPS) is 23.9. The topological polar surface area (TPSA) is 32.3 Å². The molecule has 1 N–H and O–H groups in total. The molecule has 1 saturated heterocycles. The molecule has 0 bridgehead atoms. The summed E-state index contributed by atoms with van der Waals surface area (Å²) in [6.45, 7) is 7.04. The number of hydrogen-bond donors (Lipinski definition) is 1. The number of thioether (sulfide) groups is 1.